The van der Waals surface area contributed by atoms with Crippen molar-refractivity contribution in [3.8, 4) is 39.4 Å². The zero-order chi connectivity index (χ0) is 34.5. The lowest BCUT2D eigenvalue weighted by Gasteiger charge is -2.15. The largest absolute Gasteiger partial charge is 0.481 e. The maximum Gasteiger partial charge on any atom is 0.319 e. The van der Waals surface area contributed by atoms with Gasteiger partial charge in [0.25, 0.3) is 5.56 Å². The van der Waals surface area contributed by atoms with Crippen LogP contribution in [0.4, 0.5) is 0 Å². The highest BCUT2D eigenvalue weighted by Crippen LogP contribution is 2.42. The van der Waals surface area contributed by atoms with Gasteiger partial charge in [-0.15, -0.1) is 0 Å². The summed E-state index contributed by atoms with van der Waals surface area (Å²) in [5.41, 5.74) is 5.92. The molecule has 0 saturated carbocycles. The molecule has 11 nitrogen and oxygen atoms in total. The molecule has 1 aliphatic heterocycles. The Kier molecular flexibility index (Phi) is 10.5. The van der Waals surface area contributed by atoms with E-state index in [1.807, 2.05) is 60.7 Å². The maximum atomic E-state index is 13.2. The van der Waals surface area contributed by atoms with Gasteiger partial charge in [0.2, 0.25) is 11.8 Å². The average molecular weight is 702 g/mol. The molecule has 1 fully saturated rings. The monoisotopic (exact) mass is 700 g/mol. The van der Waals surface area contributed by atoms with Crippen molar-refractivity contribution in [3.63, 3.8) is 0 Å². The molecule has 4 heterocycles. The molecule has 0 unspecified atom stereocenters. The number of esters is 1. The summed E-state index contributed by atoms with van der Waals surface area (Å²) in [7, 11) is 2.87. The number of rotatable bonds is 12. The second-order valence-corrected chi connectivity index (χ2v) is 12.3. The number of carbonyl (C=O) groups excluding carboxylic acids is 2. The molecule has 13 heteroatoms. The second kappa shape index (κ2) is 15.2. The Bertz CT molecular complexity index is 2100. The van der Waals surface area contributed by atoms with Crippen LogP contribution in [0.5, 0.6) is 5.88 Å². The number of pyridine rings is 2. The van der Waals surface area contributed by atoms with Crippen molar-refractivity contribution in [2.75, 3.05) is 27.3 Å². The molecule has 49 heavy (non-hydrogen) atoms. The van der Waals surface area contributed by atoms with E-state index in [-0.39, 0.29) is 30.0 Å². The van der Waals surface area contributed by atoms with Gasteiger partial charge in [-0.25, -0.2) is 9.97 Å². The molecule has 0 spiro atoms. The second-order valence-electron chi connectivity index (χ2n) is 11.5. The first-order valence-electron chi connectivity index (χ1n) is 15.7. The van der Waals surface area contributed by atoms with Crippen molar-refractivity contribution in [3.05, 3.63) is 105 Å². The summed E-state index contributed by atoms with van der Waals surface area (Å²) in [6.07, 6.45) is 4.60. The molecule has 1 aliphatic rings. The van der Waals surface area contributed by atoms with Crippen molar-refractivity contribution < 1.29 is 19.1 Å². The van der Waals surface area contributed by atoms with Crippen LogP contribution in [-0.4, -0.2) is 59.6 Å². The summed E-state index contributed by atoms with van der Waals surface area (Å²) in [5, 5.41) is 10.1. The number of fused-ring (bicyclic) bond motifs is 1. The predicted molar refractivity (Wildman–Crippen MR) is 189 cm³/mol. The van der Waals surface area contributed by atoms with Gasteiger partial charge in [-0.1, -0.05) is 65.7 Å². The van der Waals surface area contributed by atoms with Gasteiger partial charge in [-0.05, 0) is 30.2 Å². The fraction of sp³-hybridized carbons (Fsp3) is 0.250. The fourth-order valence-electron chi connectivity index (χ4n) is 5.82. The van der Waals surface area contributed by atoms with Gasteiger partial charge in [0.1, 0.15) is 5.65 Å². The summed E-state index contributed by atoms with van der Waals surface area (Å²) in [5.74, 6) is 0.0960. The smallest absolute Gasteiger partial charge is 0.319 e. The molecule has 1 amide bonds. The number of hydrogen-bond acceptors (Lipinski definition) is 9. The van der Waals surface area contributed by atoms with Gasteiger partial charge in [0.05, 0.1) is 36.5 Å². The number of nitrogens with one attached hydrogen (secondary N) is 3. The first kappa shape index (κ1) is 34.1. The topological polar surface area (TPSA) is 136 Å². The third-order valence-corrected chi connectivity index (χ3v) is 9.21. The predicted octanol–water partition coefficient (Wildman–Crippen LogP) is 5.04. The molecule has 1 saturated heterocycles. The molecule has 0 bridgehead atoms. The Hall–Kier alpha value is -4.81. The van der Waals surface area contributed by atoms with Crippen LogP contribution in [0.15, 0.2) is 77.9 Å². The molecule has 0 radical (unpaired) electrons. The highest BCUT2D eigenvalue weighted by atomic mass is 35.5. The Balaban J connectivity index is 1.24. The summed E-state index contributed by atoms with van der Waals surface area (Å²) < 4.78 is 11.7. The highest BCUT2D eigenvalue weighted by Gasteiger charge is 2.21. The highest BCUT2D eigenvalue weighted by molar-refractivity contribution is 6.39. The molecule has 252 valence electrons. The molecule has 0 aliphatic carbocycles. The minimum Gasteiger partial charge on any atom is -0.481 e. The number of aromatic nitrogens is 3. The Morgan fingerprint density at radius 3 is 2.37 bits per heavy atom. The minimum atomic E-state index is -0.366. The van der Waals surface area contributed by atoms with Gasteiger partial charge < -0.3 is 25.4 Å². The number of hydrogen-bond donors (Lipinski definition) is 3. The van der Waals surface area contributed by atoms with Crippen molar-refractivity contribution in [2.45, 2.75) is 32.0 Å². The molecule has 2 aromatic carbocycles. The first-order chi connectivity index (χ1) is 23.8. The van der Waals surface area contributed by atoms with E-state index in [1.165, 1.54) is 18.6 Å². The van der Waals surface area contributed by atoms with Crippen LogP contribution in [0.1, 0.15) is 24.0 Å². The number of amides is 1. The van der Waals surface area contributed by atoms with E-state index in [0.717, 1.165) is 34.2 Å². The van der Waals surface area contributed by atoms with Gasteiger partial charge in [-0.3, -0.25) is 18.8 Å². The van der Waals surface area contributed by atoms with Gasteiger partial charge >= 0.3 is 5.97 Å². The van der Waals surface area contributed by atoms with Crippen molar-refractivity contribution >= 4 is 40.7 Å². The number of methoxy groups -OCH3 is 2. The Morgan fingerprint density at radius 2 is 1.65 bits per heavy atom. The molecule has 1 atom stereocenters. The first-order valence-corrected chi connectivity index (χ1v) is 16.4. The quantitative estimate of drug-likeness (QED) is 0.153. The van der Waals surface area contributed by atoms with E-state index in [1.54, 1.807) is 12.4 Å². The minimum absolute atomic E-state index is 0.0570. The van der Waals surface area contributed by atoms with Crippen molar-refractivity contribution in [2.24, 2.45) is 0 Å². The van der Waals surface area contributed by atoms with Crippen LogP contribution in [0.3, 0.4) is 0 Å². The van der Waals surface area contributed by atoms with Crippen LogP contribution in [0, 0.1) is 0 Å². The van der Waals surface area contributed by atoms with Crippen molar-refractivity contribution in [1.82, 2.24) is 30.3 Å². The lowest BCUT2D eigenvalue weighted by atomic mass is 9.97. The molecule has 6 rings (SSSR count). The lowest BCUT2D eigenvalue weighted by Crippen LogP contribution is -2.36. The van der Waals surface area contributed by atoms with Gasteiger partial charge in [-0.2, -0.15) is 0 Å². The van der Waals surface area contributed by atoms with Crippen LogP contribution in [-0.2, 0) is 27.4 Å². The van der Waals surface area contributed by atoms with Gasteiger partial charge in [0.15, 0.2) is 0 Å². The van der Waals surface area contributed by atoms with E-state index in [0.29, 0.717) is 64.4 Å². The number of ether oxygens (including phenoxy) is 2. The maximum absolute atomic E-state index is 13.2. The SMILES string of the molecule is COC(=O)CNCc1ccc(-c2cccc(-c3cccc(-c4ccn5c(=O)c(CNC[C@@H]6CCC(=O)N6)cnc5c4)c3Cl)c2Cl)nc1OC. The van der Waals surface area contributed by atoms with Crippen LogP contribution in [0.2, 0.25) is 10.0 Å². The van der Waals surface area contributed by atoms with E-state index >= 15 is 0 Å². The Labute approximate surface area is 292 Å². The van der Waals surface area contributed by atoms with Gasteiger partial charge in [0, 0.05) is 77.9 Å². The zero-order valence-electron chi connectivity index (χ0n) is 26.9. The number of benzene rings is 2. The van der Waals surface area contributed by atoms with Crippen LogP contribution >= 0.6 is 23.2 Å². The zero-order valence-corrected chi connectivity index (χ0v) is 28.4. The summed E-state index contributed by atoms with van der Waals surface area (Å²) in [6, 6.07) is 18.8. The standard InChI is InChI=1S/C36H34Cl2N6O5/c1-48-32(46)20-40-16-22-9-11-29(43-35(22)49-2)28-8-4-7-27(34(28)38)26-6-3-5-25(33(26)37)21-13-14-44-30(15-21)41-18-23(36(44)47)17-39-19-24-10-12-31(45)42-24/h3-9,11,13-15,18,24,39-40H,10,12,16-17,19-20H2,1-2H3,(H,42,45)/t24-/m0/s1. The fourth-order valence-corrected chi connectivity index (χ4v) is 6.48. The van der Waals surface area contributed by atoms with Crippen LogP contribution < -0.4 is 26.2 Å². The third-order valence-electron chi connectivity index (χ3n) is 8.39. The van der Waals surface area contributed by atoms with E-state index < -0.39 is 0 Å². The van der Waals surface area contributed by atoms with E-state index in [2.05, 4.69) is 25.7 Å². The molecular weight excluding hydrogens is 667 g/mol. The number of nitrogens with zero attached hydrogens (tertiary/aromatic N) is 3. The summed E-state index contributed by atoms with van der Waals surface area (Å²) >= 11 is 14.1. The summed E-state index contributed by atoms with van der Waals surface area (Å²) in [4.78, 5) is 45.4. The molecule has 3 aromatic heterocycles. The summed E-state index contributed by atoms with van der Waals surface area (Å²) in [6.45, 7) is 1.35. The van der Waals surface area contributed by atoms with E-state index in [4.69, 9.17) is 32.9 Å². The van der Waals surface area contributed by atoms with E-state index in [9.17, 15) is 14.4 Å². The average Bonchev–Trinajstić information content (AvgIpc) is 3.54. The van der Waals surface area contributed by atoms with Crippen molar-refractivity contribution in [1.29, 1.82) is 0 Å². The normalized spacial score (nSPS) is 14.2. The Morgan fingerprint density at radius 1 is 0.939 bits per heavy atom. The number of halogens is 2. The third kappa shape index (κ3) is 7.45. The molecular formula is C36H34Cl2N6O5. The molecule has 3 N–H and O–H groups in total. The number of carbonyl (C=O) groups is 2. The van der Waals surface area contributed by atoms with Crippen LogP contribution in [0.25, 0.3) is 39.2 Å². The lowest BCUT2D eigenvalue weighted by molar-refractivity contribution is -0.139. The molecule has 5 aromatic rings.